The van der Waals surface area contributed by atoms with Crippen molar-refractivity contribution in [1.82, 2.24) is 9.78 Å². The van der Waals surface area contributed by atoms with E-state index in [0.29, 0.717) is 18.0 Å². The number of benzene rings is 3. The van der Waals surface area contributed by atoms with Crippen molar-refractivity contribution in [2.45, 2.75) is 58.8 Å². The van der Waals surface area contributed by atoms with E-state index in [1.807, 2.05) is 25.1 Å². The van der Waals surface area contributed by atoms with E-state index in [-0.39, 0.29) is 5.78 Å². The predicted octanol–water partition coefficient (Wildman–Crippen LogP) is 7.49. The summed E-state index contributed by atoms with van der Waals surface area (Å²) in [4.78, 5) is 13.4. The van der Waals surface area contributed by atoms with Gasteiger partial charge in [0.1, 0.15) is 5.69 Å². The molecule has 1 aromatic heterocycles. The lowest BCUT2D eigenvalue weighted by atomic mass is 9.86. The topological polar surface area (TPSA) is 34.9 Å². The van der Waals surface area contributed by atoms with Crippen LogP contribution in [0, 0.1) is 6.92 Å². The van der Waals surface area contributed by atoms with Gasteiger partial charge < -0.3 is 0 Å². The van der Waals surface area contributed by atoms with Crippen LogP contribution in [0.4, 0.5) is 0 Å². The summed E-state index contributed by atoms with van der Waals surface area (Å²) in [6, 6.07) is 29.4. The Balaban J connectivity index is 1.61. The van der Waals surface area contributed by atoms with E-state index >= 15 is 0 Å². The Morgan fingerprint density at radius 2 is 1.59 bits per heavy atom. The normalized spacial score (nSPS) is 12.0. The third-order valence-electron chi connectivity index (χ3n) is 6.45. The first-order chi connectivity index (χ1) is 16.6. The van der Waals surface area contributed by atoms with Crippen LogP contribution in [0.2, 0.25) is 0 Å². The van der Waals surface area contributed by atoms with E-state index in [2.05, 4.69) is 85.7 Å². The van der Waals surface area contributed by atoms with Gasteiger partial charge in [0.05, 0.1) is 11.4 Å². The second-order valence-electron chi connectivity index (χ2n) is 9.06. The SMILES string of the molecule is CCCCC(c1ccccc1)c1cccc(CC(=O)c2cc(C)nn2-c2cccc(CC)c2)c1. The molecule has 4 aromatic rings. The van der Waals surface area contributed by atoms with E-state index < -0.39 is 0 Å². The highest BCUT2D eigenvalue weighted by Crippen LogP contribution is 2.30. The molecule has 0 amide bonds. The zero-order valence-electron chi connectivity index (χ0n) is 20.5. The first-order valence-corrected chi connectivity index (χ1v) is 12.4. The summed E-state index contributed by atoms with van der Waals surface area (Å²) in [5.74, 6) is 0.435. The van der Waals surface area contributed by atoms with E-state index in [1.165, 1.54) is 29.5 Å². The molecule has 0 aliphatic carbocycles. The third kappa shape index (κ3) is 5.53. The average Bonchev–Trinajstić information content (AvgIpc) is 3.27. The van der Waals surface area contributed by atoms with Crippen LogP contribution in [0.5, 0.6) is 0 Å². The zero-order valence-corrected chi connectivity index (χ0v) is 20.5. The van der Waals surface area contributed by atoms with Crippen molar-refractivity contribution in [3.8, 4) is 5.69 Å². The van der Waals surface area contributed by atoms with Crippen molar-refractivity contribution < 1.29 is 4.79 Å². The zero-order chi connectivity index (χ0) is 23.9. The molecule has 3 nitrogen and oxygen atoms in total. The lowest BCUT2D eigenvalue weighted by Crippen LogP contribution is -2.12. The maximum absolute atomic E-state index is 13.4. The van der Waals surface area contributed by atoms with Gasteiger partial charge in [0.15, 0.2) is 5.78 Å². The van der Waals surface area contributed by atoms with Crippen molar-refractivity contribution in [2.75, 3.05) is 0 Å². The molecule has 174 valence electrons. The standard InChI is InChI=1S/C31H34N2O/c1-4-6-18-29(26-14-8-7-9-15-26)27-16-10-13-25(20-27)22-31(34)30-19-23(3)32-33(30)28-17-11-12-24(5-2)21-28/h7-17,19-21,29H,4-6,18,22H2,1-3H3. The highest BCUT2D eigenvalue weighted by molar-refractivity contribution is 5.96. The Labute approximate surface area is 203 Å². The Kier molecular flexibility index (Phi) is 7.74. The lowest BCUT2D eigenvalue weighted by Gasteiger charge is -2.19. The van der Waals surface area contributed by atoms with Gasteiger partial charge in [0, 0.05) is 12.3 Å². The lowest BCUT2D eigenvalue weighted by molar-refractivity contribution is 0.0985. The van der Waals surface area contributed by atoms with Crippen molar-refractivity contribution >= 4 is 5.78 Å². The monoisotopic (exact) mass is 450 g/mol. The van der Waals surface area contributed by atoms with Crippen molar-refractivity contribution in [3.63, 3.8) is 0 Å². The molecule has 0 spiro atoms. The molecule has 0 radical (unpaired) electrons. The molecule has 0 fully saturated rings. The maximum atomic E-state index is 13.4. The number of carbonyl (C=O) groups is 1. The van der Waals surface area contributed by atoms with Gasteiger partial charge in [-0.15, -0.1) is 0 Å². The van der Waals surface area contributed by atoms with Crippen LogP contribution in [0.25, 0.3) is 5.69 Å². The molecular formula is C31H34N2O. The van der Waals surface area contributed by atoms with Crippen molar-refractivity contribution in [2.24, 2.45) is 0 Å². The molecule has 0 saturated heterocycles. The Hall–Kier alpha value is -3.46. The number of aromatic nitrogens is 2. The molecule has 34 heavy (non-hydrogen) atoms. The molecule has 1 atom stereocenters. The van der Waals surface area contributed by atoms with Gasteiger partial charge in [-0.25, -0.2) is 4.68 Å². The summed E-state index contributed by atoms with van der Waals surface area (Å²) in [5, 5.41) is 4.63. The van der Waals surface area contributed by atoms with E-state index in [1.54, 1.807) is 4.68 Å². The summed E-state index contributed by atoms with van der Waals surface area (Å²) in [6.07, 6.45) is 4.77. The van der Waals surface area contributed by atoms with E-state index in [9.17, 15) is 4.79 Å². The van der Waals surface area contributed by atoms with Gasteiger partial charge in [-0.05, 0) is 60.2 Å². The van der Waals surface area contributed by atoms with Crippen LogP contribution >= 0.6 is 0 Å². The van der Waals surface area contributed by atoms with Gasteiger partial charge in [-0.2, -0.15) is 5.10 Å². The number of Topliss-reactive ketones (excluding diaryl/α,β-unsaturated/α-hetero) is 1. The molecule has 0 saturated carbocycles. The fraction of sp³-hybridized carbons (Fsp3) is 0.290. The summed E-state index contributed by atoms with van der Waals surface area (Å²) in [5.41, 5.74) is 7.33. The quantitative estimate of drug-likeness (QED) is 0.235. The molecule has 0 aliphatic heterocycles. The number of hydrogen-bond acceptors (Lipinski definition) is 2. The summed E-state index contributed by atoms with van der Waals surface area (Å²) in [7, 11) is 0. The first kappa shape index (κ1) is 23.7. The summed E-state index contributed by atoms with van der Waals surface area (Å²) >= 11 is 0. The summed E-state index contributed by atoms with van der Waals surface area (Å²) in [6.45, 7) is 6.31. The minimum absolute atomic E-state index is 0.0875. The fourth-order valence-corrected chi connectivity index (χ4v) is 4.62. The minimum Gasteiger partial charge on any atom is -0.292 e. The number of rotatable bonds is 10. The number of unbranched alkanes of at least 4 members (excludes halogenated alkanes) is 1. The molecule has 4 rings (SSSR count). The summed E-state index contributed by atoms with van der Waals surface area (Å²) < 4.78 is 1.80. The molecule has 3 aromatic carbocycles. The van der Waals surface area contributed by atoms with Gasteiger partial charge in [0.2, 0.25) is 0 Å². The highest BCUT2D eigenvalue weighted by Gasteiger charge is 2.18. The van der Waals surface area contributed by atoms with Gasteiger partial charge in [-0.3, -0.25) is 4.79 Å². The van der Waals surface area contributed by atoms with Crippen LogP contribution in [0.15, 0.2) is 84.9 Å². The predicted molar refractivity (Wildman–Crippen MR) is 140 cm³/mol. The van der Waals surface area contributed by atoms with Crippen LogP contribution in [0.1, 0.15) is 77.5 Å². The minimum atomic E-state index is 0.0875. The smallest absolute Gasteiger partial charge is 0.185 e. The van der Waals surface area contributed by atoms with Crippen LogP contribution < -0.4 is 0 Å². The number of aryl methyl sites for hydroxylation is 2. The highest BCUT2D eigenvalue weighted by atomic mass is 16.1. The maximum Gasteiger partial charge on any atom is 0.185 e. The van der Waals surface area contributed by atoms with Gasteiger partial charge in [-0.1, -0.05) is 93.4 Å². The Bertz CT molecular complexity index is 1240. The second-order valence-corrected chi connectivity index (χ2v) is 9.06. The number of ketones is 1. The third-order valence-corrected chi connectivity index (χ3v) is 6.45. The van der Waals surface area contributed by atoms with Crippen molar-refractivity contribution in [3.05, 3.63) is 119 Å². The average molecular weight is 451 g/mol. The number of hydrogen-bond donors (Lipinski definition) is 0. The molecule has 1 heterocycles. The van der Waals surface area contributed by atoms with E-state index in [0.717, 1.165) is 29.8 Å². The first-order valence-electron chi connectivity index (χ1n) is 12.4. The van der Waals surface area contributed by atoms with E-state index in [4.69, 9.17) is 0 Å². The largest absolute Gasteiger partial charge is 0.292 e. The molecule has 0 N–H and O–H groups in total. The molecule has 1 unspecified atom stereocenters. The molecule has 3 heteroatoms. The van der Waals surface area contributed by atoms with Crippen LogP contribution in [-0.2, 0) is 12.8 Å². The fourth-order valence-electron chi connectivity index (χ4n) is 4.62. The van der Waals surface area contributed by atoms with Crippen LogP contribution in [0.3, 0.4) is 0 Å². The molecule has 0 bridgehead atoms. The molecular weight excluding hydrogens is 416 g/mol. The van der Waals surface area contributed by atoms with Gasteiger partial charge in [0.25, 0.3) is 0 Å². The number of carbonyl (C=O) groups excluding carboxylic acids is 1. The van der Waals surface area contributed by atoms with Gasteiger partial charge >= 0.3 is 0 Å². The van der Waals surface area contributed by atoms with Crippen molar-refractivity contribution in [1.29, 1.82) is 0 Å². The Morgan fingerprint density at radius 3 is 2.35 bits per heavy atom. The Morgan fingerprint density at radius 1 is 0.853 bits per heavy atom. The number of nitrogens with zero attached hydrogens (tertiary/aromatic N) is 2. The molecule has 0 aliphatic rings. The second kappa shape index (κ2) is 11.1. The van der Waals surface area contributed by atoms with Crippen LogP contribution in [-0.4, -0.2) is 15.6 Å².